The van der Waals surface area contributed by atoms with Gasteiger partial charge in [-0.05, 0) is 31.0 Å². The highest BCUT2D eigenvalue weighted by atomic mass is 19.3. The summed E-state index contributed by atoms with van der Waals surface area (Å²) in [5.74, 6) is -4.00. The molecule has 0 aliphatic heterocycles. The van der Waals surface area contributed by atoms with Gasteiger partial charge < -0.3 is 5.32 Å². The van der Waals surface area contributed by atoms with Gasteiger partial charge in [0.1, 0.15) is 11.3 Å². The average molecular weight is 386 g/mol. The maximum atomic E-state index is 13.8. The van der Waals surface area contributed by atoms with Gasteiger partial charge in [0, 0.05) is 11.8 Å². The molecule has 1 N–H and O–H groups in total. The number of carbonyl (C=O) groups excluding carboxylic acids is 1. The van der Waals surface area contributed by atoms with E-state index < -0.39 is 29.5 Å². The van der Waals surface area contributed by atoms with Crippen LogP contribution in [-0.2, 0) is 11.2 Å². The Morgan fingerprint density at radius 3 is 2.46 bits per heavy atom. The molecule has 0 spiro atoms. The van der Waals surface area contributed by atoms with Crippen molar-refractivity contribution in [2.75, 3.05) is 5.32 Å². The minimum atomic E-state index is -3.01. The summed E-state index contributed by atoms with van der Waals surface area (Å²) in [4.78, 5) is 17.0. The second-order valence-corrected chi connectivity index (χ2v) is 7.46. The highest BCUT2D eigenvalue weighted by Gasteiger charge is 2.41. The Kier molecular flexibility index (Phi) is 5.40. The third-order valence-corrected chi connectivity index (χ3v) is 4.61. The third-order valence-electron chi connectivity index (χ3n) is 4.61. The second kappa shape index (κ2) is 7.62. The van der Waals surface area contributed by atoms with Crippen molar-refractivity contribution in [1.82, 2.24) is 4.98 Å². The molecule has 146 valence electrons. The summed E-state index contributed by atoms with van der Waals surface area (Å²) >= 11 is 0. The van der Waals surface area contributed by atoms with E-state index in [-0.39, 0.29) is 11.9 Å². The van der Waals surface area contributed by atoms with Crippen molar-refractivity contribution in [2.24, 2.45) is 5.41 Å². The first-order chi connectivity index (χ1) is 13.2. The number of halogens is 3. The number of hydrogen-bond donors (Lipinski definition) is 1. The van der Waals surface area contributed by atoms with Gasteiger partial charge >= 0.3 is 0 Å². The lowest BCUT2D eigenvalue weighted by Gasteiger charge is -2.31. The normalized spacial score (nSPS) is 13.9. The van der Waals surface area contributed by atoms with Gasteiger partial charge in [-0.1, -0.05) is 49.4 Å². The minimum absolute atomic E-state index is 0.165. The Morgan fingerprint density at radius 2 is 1.79 bits per heavy atom. The monoisotopic (exact) mass is 386 g/mol. The number of benzene rings is 2. The molecule has 28 heavy (non-hydrogen) atoms. The zero-order chi connectivity index (χ0) is 20.4. The van der Waals surface area contributed by atoms with E-state index >= 15 is 0 Å². The number of aromatic nitrogens is 1. The molecule has 0 fully saturated rings. The molecule has 1 aromatic heterocycles. The molecule has 1 atom stereocenters. The van der Waals surface area contributed by atoms with E-state index in [1.54, 1.807) is 42.5 Å². The van der Waals surface area contributed by atoms with Crippen LogP contribution in [-0.4, -0.2) is 16.8 Å². The number of para-hydroxylation sites is 1. The molecule has 2 aromatic carbocycles. The van der Waals surface area contributed by atoms with E-state index in [9.17, 15) is 18.0 Å². The van der Waals surface area contributed by atoms with E-state index in [2.05, 4.69) is 10.3 Å². The van der Waals surface area contributed by atoms with Crippen LogP contribution in [0, 0.1) is 11.2 Å². The maximum absolute atomic E-state index is 13.8. The Morgan fingerprint density at radius 1 is 1.07 bits per heavy atom. The standard InChI is InChI=1S/C22H21F3N2O/c1-21(14-22(2,24)25,12-15-7-4-3-5-8-15)20(28)27-17-11-16-9-6-10-18(23)19(16)26-13-17/h3-11,13H,12,14H2,1-2H3,(H,27,28). The number of hydrogen-bond acceptors (Lipinski definition) is 2. The maximum Gasteiger partial charge on any atom is 0.246 e. The summed E-state index contributed by atoms with van der Waals surface area (Å²) in [5.41, 5.74) is -0.0196. The zero-order valence-electron chi connectivity index (χ0n) is 15.7. The fourth-order valence-corrected chi connectivity index (χ4v) is 3.43. The van der Waals surface area contributed by atoms with Gasteiger partial charge in [0.05, 0.1) is 17.3 Å². The fourth-order valence-electron chi connectivity index (χ4n) is 3.43. The number of anilines is 1. The van der Waals surface area contributed by atoms with Crippen LogP contribution in [0.5, 0.6) is 0 Å². The number of nitrogens with one attached hydrogen (secondary N) is 1. The first-order valence-corrected chi connectivity index (χ1v) is 8.94. The summed E-state index contributed by atoms with van der Waals surface area (Å²) in [6.45, 7) is 2.34. The van der Waals surface area contributed by atoms with Crippen LogP contribution in [0.4, 0.5) is 18.9 Å². The molecule has 6 heteroatoms. The molecule has 3 aromatic rings. The first-order valence-electron chi connectivity index (χ1n) is 8.94. The smallest absolute Gasteiger partial charge is 0.246 e. The molecule has 0 saturated carbocycles. The van der Waals surface area contributed by atoms with E-state index in [4.69, 9.17) is 0 Å². The number of nitrogens with zero attached hydrogens (tertiary/aromatic N) is 1. The van der Waals surface area contributed by atoms with Gasteiger partial charge in [0.15, 0.2) is 0 Å². The molecule has 1 heterocycles. The molecule has 0 aliphatic carbocycles. The van der Waals surface area contributed by atoms with Crippen molar-refractivity contribution >= 4 is 22.5 Å². The lowest BCUT2D eigenvalue weighted by atomic mass is 9.77. The molecular weight excluding hydrogens is 365 g/mol. The summed E-state index contributed by atoms with van der Waals surface area (Å²) in [5, 5.41) is 3.20. The number of alkyl halides is 2. The van der Waals surface area contributed by atoms with Crippen molar-refractivity contribution in [3.63, 3.8) is 0 Å². The van der Waals surface area contributed by atoms with Gasteiger partial charge in [0.2, 0.25) is 11.8 Å². The van der Waals surface area contributed by atoms with E-state index in [0.29, 0.717) is 11.1 Å². The molecule has 0 saturated heterocycles. The van der Waals surface area contributed by atoms with Crippen LogP contribution < -0.4 is 5.32 Å². The van der Waals surface area contributed by atoms with Crippen LogP contribution >= 0.6 is 0 Å². The van der Waals surface area contributed by atoms with E-state index in [1.807, 2.05) is 6.07 Å². The predicted octanol–water partition coefficient (Wildman–Crippen LogP) is 5.61. The molecule has 3 nitrogen and oxygen atoms in total. The largest absolute Gasteiger partial charge is 0.324 e. The molecular formula is C22H21F3N2O. The van der Waals surface area contributed by atoms with E-state index in [1.165, 1.54) is 19.2 Å². The number of pyridine rings is 1. The van der Waals surface area contributed by atoms with Crippen molar-refractivity contribution in [2.45, 2.75) is 32.6 Å². The van der Waals surface area contributed by atoms with Crippen molar-refractivity contribution < 1.29 is 18.0 Å². The van der Waals surface area contributed by atoms with Crippen LogP contribution in [0.3, 0.4) is 0 Å². The zero-order valence-corrected chi connectivity index (χ0v) is 15.7. The molecule has 0 radical (unpaired) electrons. The average Bonchev–Trinajstić information content (AvgIpc) is 2.61. The van der Waals surface area contributed by atoms with Gasteiger partial charge in [0.25, 0.3) is 0 Å². The highest BCUT2D eigenvalue weighted by Crippen LogP contribution is 2.36. The Bertz CT molecular complexity index is 986. The molecule has 0 aliphatic rings. The second-order valence-electron chi connectivity index (χ2n) is 7.46. The van der Waals surface area contributed by atoms with Crippen LogP contribution in [0.15, 0.2) is 60.8 Å². The summed E-state index contributed by atoms with van der Waals surface area (Å²) < 4.78 is 41.4. The predicted molar refractivity (Wildman–Crippen MR) is 104 cm³/mol. The summed E-state index contributed by atoms with van der Waals surface area (Å²) in [6.07, 6.45) is 0.894. The Hall–Kier alpha value is -2.89. The molecule has 0 bridgehead atoms. The van der Waals surface area contributed by atoms with Crippen molar-refractivity contribution in [3.05, 3.63) is 72.2 Å². The summed E-state index contributed by atoms with van der Waals surface area (Å²) in [7, 11) is 0. The van der Waals surface area contributed by atoms with Gasteiger partial charge in [-0.15, -0.1) is 0 Å². The third kappa shape index (κ3) is 4.68. The van der Waals surface area contributed by atoms with E-state index in [0.717, 1.165) is 12.5 Å². The quantitative estimate of drug-likeness (QED) is 0.599. The molecule has 1 amide bonds. The number of fused-ring (bicyclic) bond motifs is 1. The van der Waals surface area contributed by atoms with Gasteiger partial charge in [-0.3, -0.25) is 9.78 Å². The SMILES string of the molecule is CC(F)(F)CC(C)(Cc1ccccc1)C(=O)Nc1cnc2c(F)cccc2c1. The Labute approximate surface area is 161 Å². The van der Waals surface area contributed by atoms with Crippen LogP contribution in [0.1, 0.15) is 25.8 Å². The number of amides is 1. The molecule has 3 rings (SSSR count). The van der Waals surface area contributed by atoms with Crippen molar-refractivity contribution in [1.29, 1.82) is 0 Å². The fraction of sp³-hybridized carbons (Fsp3) is 0.273. The van der Waals surface area contributed by atoms with Crippen molar-refractivity contribution in [3.8, 4) is 0 Å². The lowest BCUT2D eigenvalue weighted by molar-refractivity contribution is -0.130. The minimum Gasteiger partial charge on any atom is -0.324 e. The highest BCUT2D eigenvalue weighted by molar-refractivity contribution is 5.96. The lowest BCUT2D eigenvalue weighted by Crippen LogP contribution is -2.39. The van der Waals surface area contributed by atoms with Crippen LogP contribution in [0.2, 0.25) is 0 Å². The first kappa shape index (κ1) is 19.9. The topological polar surface area (TPSA) is 42.0 Å². The summed E-state index contributed by atoms with van der Waals surface area (Å²) in [6, 6.07) is 15.1. The number of rotatable bonds is 6. The Balaban J connectivity index is 1.88. The van der Waals surface area contributed by atoms with Crippen LogP contribution in [0.25, 0.3) is 10.9 Å². The molecule has 1 unspecified atom stereocenters. The number of carbonyl (C=O) groups is 1. The van der Waals surface area contributed by atoms with Gasteiger partial charge in [-0.25, -0.2) is 13.2 Å². The van der Waals surface area contributed by atoms with Gasteiger partial charge in [-0.2, -0.15) is 0 Å².